The predicted molar refractivity (Wildman–Crippen MR) is 64.3 cm³/mol. The molecule has 0 fully saturated rings. The molecule has 0 bridgehead atoms. The van der Waals surface area contributed by atoms with Crippen molar-refractivity contribution < 1.29 is 9.53 Å². The highest BCUT2D eigenvalue weighted by Crippen LogP contribution is 2.23. The molecule has 1 aromatic heterocycles. The number of hydrogen-bond donors (Lipinski definition) is 0. The van der Waals surface area contributed by atoms with Crippen LogP contribution >= 0.6 is 27.3 Å². The van der Waals surface area contributed by atoms with Crippen molar-refractivity contribution in [3.05, 3.63) is 9.98 Å². The third-order valence-corrected chi connectivity index (χ3v) is 3.39. The number of esters is 1. The third-order valence-electron chi connectivity index (χ3n) is 1.78. The van der Waals surface area contributed by atoms with Crippen LogP contribution in [0, 0.1) is 0 Å². The highest BCUT2D eigenvalue weighted by Gasteiger charge is 2.13. The minimum absolute atomic E-state index is 0.241. The lowest BCUT2D eigenvalue weighted by atomic mass is 10.4. The average molecular weight is 293 g/mol. The van der Waals surface area contributed by atoms with Gasteiger partial charge in [-0.05, 0) is 22.4 Å². The van der Waals surface area contributed by atoms with Gasteiger partial charge in [0.1, 0.15) is 11.1 Å². The number of nitrogens with zero attached hydrogens (tertiary/aromatic N) is 2. The van der Waals surface area contributed by atoms with Crippen molar-refractivity contribution in [2.75, 3.05) is 25.1 Å². The van der Waals surface area contributed by atoms with Crippen molar-refractivity contribution in [2.45, 2.75) is 13.3 Å². The van der Waals surface area contributed by atoms with Gasteiger partial charge in [-0.15, -0.1) is 11.3 Å². The van der Waals surface area contributed by atoms with Crippen molar-refractivity contribution in [3.8, 4) is 0 Å². The zero-order chi connectivity index (χ0) is 11.3. The Kier molecular flexibility index (Phi) is 5.04. The number of rotatable bonds is 5. The van der Waals surface area contributed by atoms with E-state index in [1.165, 1.54) is 18.4 Å². The molecule has 4 nitrogen and oxygen atoms in total. The molecule has 0 aromatic carbocycles. The lowest BCUT2D eigenvalue weighted by Crippen LogP contribution is -2.31. The van der Waals surface area contributed by atoms with E-state index in [-0.39, 0.29) is 12.5 Å². The molecule has 6 heteroatoms. The number of carbonyl (C=O) groups excluding carboxylic acids is 1. The molecule has 1 heterocycles. The fourth-order valence-electron chi connectivity index (χ4n) is 1.12. The summed E-state index contributed by atoms with van der Waals surface area (Å²) in [7, 11) is 1.39. The van der Waals surface area contributed by atoms with Crippen LogP contribution in [0.15, 0.2) is 9.98 Å². The largest absolute Gasteiger partial charge is 0.468 e. The normalized spacial score (nSPS) is 10.1. The molecule has 0 aliphatic rings. The monoisotopic (exact) mass is 292 g/mol. The van der Waals surface area contributed by atoms with Crippen molar-refractivity contribution in [3.63, 3.8) is 0 Å². The molecule has 0 aliphatic carbocycles. The lowest BCUT2D eigenvalue weighted by Gasteiger charge is -2.19. The number of methoxy groups -OCH3 is 1. The van der Waals surface area contributed by atoms with Gasteiger partial charge in [0.25, 0.3) is 0 Å². The summed E-state index contributed by atoms with van der Waals surface area (Å²) >= 11 is 4.80. The second kappa shape index (κ2) is 6.07. The number of halogens is 1. The summed E-state index contributed by atoms with van der Waals surface area (Å²) in [6, 6.07) is 0. The summed E-state index contributed by atoms with van der Waals surface area (Å²) in [5, 5.41) is 2.74. The van der Waals surface area contributed by atoms with E-state index in [9.17, 15) is 4.79 Å². The first-order valence-electron chi connectivity index (χ1n) is 4.60. The average Bonchev–Trinajstić information content (AvgIpc) is 2.64. The molecule has 0 radical (unpaired) electrons. The molecule has 0 unspecified atom stereocenters. The van der Waals surface area contributed by atoms with Crippen LogP contribution in [0.3, 0.4) is 0 Å². The molecule has 0 N–H and O–H groups in total. The van der Waals surface area contributed by atoms with E-state index in [1.54, 1.807) is 0 Å². The van der Waals surface area contributed by atoms with Crippen molar-refractivity contribution in [2.24, 2.45) is 0 Å². The zero-order valence-electron chi connectivity index (χ0n) is 8.70. The quantitative estimate of drug-likeness (QED) is 0.781. The maximum absolute atomic E-state index is 11.2. The summed E-state index contributed by atoms with van der Waals surface area (Å²) in [5.74, 6) is -0.241. The third kappa shape index (κ3) is 3.79. The Morgan fingerprint density at radius 3 is 2.93 bits per heavy atom. The highest BCUT2D eigenvalue weighted by atomic mass is 79.9. The molecule has 0 atom stereocenters. The first-order valence-corrected chi connectivity index (χ1v) is 6.27. The molecule has 0 saturated heterocycles. The van der Waals surface area contributed by atoms with Gasteiger partial charge < -0.3 is 9.64 Å². The van der Waals surface area contributed by atoms with E-state index in [2.05, 4.69) is 32.6 Å². The van der Waals surface area contributed by atoms with E-state index in [0.29, 0.717) is 0 Å². The number of aromatic nitrogens is 1. The maximum Gasteiger partial charge on any atom is 0.325 e. The van der Waals surface area contributed by atoms with Crippen LogP contribution < -0.4 is 4.90 Å². The van der Waals surface area contributed by atoms with Crippen molar-refractivity contribution >= 4 is 38.4 Å². The van der Waals surface area contributed by atoms with Crippen LogP contribution in [0.5, 0.6) is 0 Å². The molecule has 1 aromatic rings. The van der Waals surface area contributed by atoms with Gasteiger partial charge in [-0.2, -0.15) is 0 Å². The summed E-state index contributed by atoms with van der Waals surface area (Å²) in [6.45, 7) is 3.12. The van der Waals surface area contributed by atoms with Crippen molar-refractivity contribution in [1.82, 2.24) is 4.98 Å². The van der Waals surface area contributed by atoms with Gasteiger partial charge in [0.2, 0.25) is 0 Å². The van der Waals surface area contributed by atoms with E-state index in [1.807, 2.05) is 10.3 Å². The van der Waals surface area contributed by atoms with Crippen LogP contribution in [-0.2, 0) is 9.53 Å². The van der Waals surface area contributed by atoms with Gasteiger partial charge in [-0.1, -0.05) is 6.92 Å². The number of carbonyl (C=O) groups is 1. The highest BCUT2D eigenvalue weighted by molar-refractivity contribution is 9.10. The molecular weight excluding hydrogens is 280 g/mol. The first-order chi connectivity index (χ1) is 7.17. The SMILES string of the molecule is CCCN(CC(=O)OC)c1nc(Br)cs1. The molecular formula is C9H13BrN2O2S. The Morgan fingerprint density at radius 1 is 1.73 bits per heavy atom. The summed E-state index contributed by atoms with van der Waals surface area (Å²) < 4.78 is 5.44. The molecule has 84 valence electrons. The number of hydrogen-bond acceptors (Lipinski definition) is 5. The van der Waals surface area contributed by atoms with Gasteiger partial charge in [0.15, 0.2) is 5.13 Å². The fraction of sp³-hybridized carbons (Fsp3) is 0.556. The predicted octanol–water partition coefficient (Wildman–Crippen LogP) is 2.29. The molecule has 0 amide bonds. The second-order valence-corrected chi connectivity index (χ2v) is 4.60. The lowest BCUT2D eigenvalue weighted by molar-refractivity contribution is -0.138. The van der Waals surface area contributed by atoms with Crippen molar-refractivity contribution in [1.29, 1.82) is 0 Å². The van der Waals surface area contributed by atoms with Gasteiger partial charge in [-0.3, -0.25) is 4.79 Å². The summed E-state index contributed by atoms with van der Waals surface area (Å²) in [5.41, 5.74) is 0. The number of thiazole rings is 1. The fourth-order valence-corrected chi connectivity index (χ4v) is 2.40. The van der Waals surface area contributed by atoms with Gasteiger partial charge in [0, 0.05) is 11.9 Å². The molecule has 0 spiro atoms. The zero-order valence-corrected chi connectivity index (χ0v) is 11.1. The topological polar surface area (TPSA) is 42.4 Å². The van der Waals surface area contributed by atoms with E-state index >= 15 is 0 Å². The molecule has 0 saturated carbocycles. The van der Waals surface area contributed by atoms with Crippen LogP contribution in [0.1, 0.15) is 13.3 Å². The van der Waals surface area contributed by atoms with Gasteiger partial charge in [-0.25, -0.2) is 4.98 Å². The van der Waals surface area contributed by atoms with Crippen LogP contribution in [0.4, 0.5) is 5.13 Å². The van der Waals surface area contributed by atoms with Crippen LogP contribution in [0.2, 0.25) is 0 Å². The minimum Gasteiger partial charge on any atom is -0.468 e. The Hall–Kier alpha value is -0.620. The number of anilines is 1. The summed E-state index contributed by atoms with van der Waals surface area (Å²) in [6.07, 6.45) is 0.966. The molecule has 0 aliphatic heterocycles. The first kappa shape index (κ1) is 12.4. The molecule has 1 rings (SSSR count). The van der Waals surface area contributed by atoms with Gasteiger partial charge >= 0.3 is 5.97 Å². The van der Waals surface area contributed by atoms with E-state index in [4.69, 9.17) is 0 Å². The van der Waals surface area contributed by atoms with Crippen LogP contribution in [0.25, 0.3) is 0 Å². The molecule has 15 heavy (non-hydrogen) atoms. The Bertz CT molecular complexity index is 330. The van der Waals surface area contributed by atoms with E-state index in [0.717, 1.165) is 22.7 Å². The maximum atomic E-state index is 11.2. The number of ether oxygens (including phenoxy) is 1. The van der Waals surface area contributed by atoms with Crippen LogP contribution in [-0.4, -0.2) is 31.2 Å². The Morgan fingerprint density at radius 2 is 2.47 bits per heavy atom. The second-order valence-electron chi connectivity index (χ2n) is 2.95. The summed E-state index contributed by atoms with van der Waals surface area (Å²) in [4.78, 5) is 17.4. The minimum atomic E-state index is -0.241. The standard InChI is InChI=1S/C9H13BrN2O2S/c1-3-4-12(5-8(13)14-2)9-11-7(10)6-15-9/h6H,3-5H2,1-2H3. The smallest absolute Gasteiger partial charge is 0.325 e. The Balaban J connectivity index is 2.69. The van der Waals surface area contributed by atoms with E-state index < -0.39 is 0 Å². The Labute approximate surface area is 101 Å². The van der Waals surface area contributed by atoms with Gasteiger partial charge in [0.05, 0.1) is 7.11 Å².